The van der Waals surface area contributed by atoms with Crippen LogP contribution in [0, 0.1) is 20.8 Å². The summed E-state index contributed by atoms with van der Waals surface area (Å²) in [6, 6.07) is 7.97. The molecule has 37 heavy (non-hydrogen) atoms. The average molecular weight is 532 g/mol. The van der Waals surface area contributed by atoms with Gasteiger partial charge in [-0.05, 0) is 83.7 Å². The van der Waals surface area contributed by atoms with Gasteiger partial charge in [-0.3, -0.25) is 9.59 Å². The summed E-state index contributed by atoms with van der Waals surface area (Å²) in [7, 11) is 0. The van der Waals surface area contributed by atoms with E-state index in [0.29, 0.717) is 16.3 Å². The van der Waals surface area contributed by atoms with E-state index < -0.39 is 48.2 Å². The van der Waals surface area contributed by atoms with Crippen LogP contribution in [0.3, 0.4) is 0 Å². The Hall–Kier alpha value is -3.10. The van der Waals surface area contributed by atoms with E-state index in [1.165, 1.54) is 4.90 Å². The predicted molar refractivity (Wildman–Crippen MR) is 146 cm³/mol. The second kappa shape index (κ2) is 12.4. The zero-order valence-corrected chi connectivity index (χ0v) is 23.6. The van der Waals surface area contributed by atoms with Gasteiger partial charge < -0.3 is 25.4 Å². The molecule has 0 bridgehead atoms. The summed E-state index contributed by atoms with van der Waals surface area (Å²) in [5.74, 6) is -1.10. The van der Waals surface area contributed by atoms with Gasteiger partial charge in [0.05, 0.1) is 17.3 Å². The van der Waals surface area contributed by atoms with Crippen molar-refractivity contribution < 1.29 is 24.2 Å². The largest absolute Gasteiger partial charge is 0.444 e. The third kappa shape index (κ3) is 7.69. The number of amides is 3. The zero-order chi connectivity index (χ0) is 28.1. The number of halogens is 1. The summed E-state index contributed by atoms with van der Waals surface area (Å²) in [5.41, 5.74) is 2.84. The number of aliphatic hydroxyl groups excluding tert-OH is 1. The van der Waals surface area contributed by atoms with Crippen LogP contribution < -0.4 is 10.6 Å². The standard InChI is InChI=1S/C28H38ClN3O5/c1-16(2)32(26(35)22(15-33)30-27(36)37-28(6,7)8)24(20-13-9-11-17(3)19(20)5)25(34)31-23-18(4)12-10-14-21(23)29/h9-14,16,22,24,33H,15H2,1-8H3,(H,30,36)(H,31,34). The number of aryl methyl sites for hydroxylation is 2. The number of anilines is 1. The highest BCUT2D eigenvalue weighted by molar-refractivity contribution is 6.34. The molecule has 2 aromatic carbocycles. The summed E-state index contributed by atoms with van der Waals surface area (Å²) in [5, 5.41) is 15.8. The molecule has 0 aliphatic rings. The Bertz CT molecular complexity index is 1120. The SMILES string of the molecule is Cc1cccc(C(C(=O)Nc2c(C)cccc2Cl)N(C(=O)C(CO)NC(=O)OC(C)(C)C)C(C)C)c1C. The number of alkyl carbamates (subject to hydrolysis) is 1. The van der Waals surface area contributed by atoms with E-state index in [4.69, 9.17) is 16.3 Å². The fourth-order valence-corrected chi connectivity index (χ4v) is 4.23. The number of rotatable bonds is 8. The molecule has 2 atom stereocenters. The van der Waals surface area contributed by atoms with Crippen LogP contribution in [0.2, 0.25) is 5.02 Å². The highest BCUT2D eigenvalue weighted by atomic mass is 35.5. The summed E-state index contributed by atoms with van der Waals surface area (Å²) in [4.78, 5) is 41.5. The van der Waals surface area contributed by atoms with Crippen molar-refractivity contribution in [3.8, 4) is 0 Å². The third-order valence-electron chi connectivity index (χ3n) is 5.92. The monoisotopic (exact) mass is 531 g/mol. The smallest absolute Gasteiger partial charge is 0.408 e. The second-order valence-electron chi connectivity index (χ2n) is 10.3. The molecule has 3 N–H and O–H groups in total. The fourth-order valence-electron chi connectivity index (χ4n) is 3.96. The van der Waals surface area contributed by atoms with E-state index in [1.807, 2.05) is 39.0 Å². The highest BCUT2D eigenvalue weighted by Crippen LogP contribution is 2.32. The first-order chi connectivity index (χ1) is 17.2. The lowest BCUT2D eigenvalue weighted by atomic mass is 9.94. The van der Waals surface area contributed by atoms with Crippen molar-refractivity contribution in [1.29, 1.82) is 0 Å². The van der Waals surface area contributed by atoms with Crippen molar-refractivity contribution in [2.24, 2.45) is 0 Å². The molecule has 0 saturated carbocycles. The lowest BCUT2D eigenvalue weighted by Crippen LogP contribution is -2.55. The van der Waals surface area contributed by atoms with Crippen LogP contribution in [-0.2, 0) is 14.3 Å². The number of carbonyl (C=O) groups is 3. The van der Waals surface area contributed by atoms with Gasteiger partial charge in [0.25, 0.3) is 5.91 Å². The molecule has 0 fully saturated rings. The van der Waals surface area contributed by atoms with Crippen LogP contribution in [0.25, 0.3) is 0 Å². The summed E-state index contributed by atoms with van der Waals surface area (Å²) < 4.78 is 5.27. The van der Waals surface area contributed by atoms with E-state index in [2.05, 4.69) is 10.6 Å². The molecule has 8 nitrogen and oxygen atoms in total. The molecule has 0 aromatic heterocycles. The Morgan fingerprint density at radius 1 is 1.03 bits per heavy atom. The van der Waals surface area contributed by atoms with Gasteiger partial charge >= 0.3 is 6.09 Å². The highest BCUT2D eigenvalue weighted by Gasteiger charge is 2.38. The van der Waals surface area contributed by atoms with E-state index in [-0.39, 0.29) is 0 Å². The lowest BCUT2D eigenvalue weighted by Gasteiger charge is -2.37. The van der Waals surface area contributed by atoms with Gasteiger partial charge in [-0.15, -0.1) is 0 Å². The van der Waals surface area contributed by atoms with E-state index in [9.17, 15) is 19.5 Å². The molecule has 0 heterocycles. The molecular weight excluding hydrogens is 494 g/mol. The number of para-hydroxylation sites is 1. The molecule has 0 aliphatic heterocycles. The topological polar surface area (TPSA) is 108 Å². The number of hydrogen-bond acceptors (Lipinski definition) is 5. The van der Waals surface area contributed by atoms with Crippen molar-refractivity contribution in [2.75, 3.05) is 11.9 Å². The summed E-state index contributed by atoms with van der Waals surface area (Å²) in [6.45, 7) is 13.6. The van der Waals surface area contributed by atoms with Gasteiger partial charge in [-0.25, -0.2) is 4.79 Å². The molecule has 2 rings (SSSR count). The summed E-state index contributed by atoms with van der Waals surface area (Å²) in [6.07, 6.45) is -0.844. The number of benzene rings is 2. The molecule has 9 heteroatoms. The lowest BCUT2D eigenvalue weighted by molar-refractivity contribution is -0.143. The number of nitrogens with one attached hydrogen (secondary N) is 2. The molecular formula is C28H38ClN3O5. The minimum absolute atomic E-state index is 0.371. The Kier molecular flexibility index (Phi) is 10.1. The van der Waals surface area contributed by atoms with Gasteiger partial charge in [-0.2, -0.15) is 0 Å². The average Bonchev–Trinajstić information content (AvgIpc) is 2.78. The number of nitrogens with zero attached hydrogens (tertiary/aromatic N) is 1. The number of carbonyl (C=O) groups excluding carboxylic acids is 3. The molecule has 3 amide bonds. The van der Waals surface area contributed by atoms with Crippen LogP contribution >= 0.6 is 11.6 Å². The van der Waals surface area contributed by atoms with Gasteiger partial charge in [0.2, 0.25) is 5.91 Å². The zero-order valence-electron chi connectivity index (χ0n) is 22.8. The van der Waals surface area contributed by atoms with E-state index in [0.717, 1.165) is 16.7 Å². The van der Waals surface area contributed by atoms with Crippen LogP contribution in [0.5, 0.6) is 0 Å². The minimum Gasteiger partial charge on any atom is -0.444 e. The maximum absolute atomic E-state index is 13.9. The third-order valence-corrected chi connectivity index (χ3v) is 6.24. The second-order valence-corrected chi connectivity index (χ2v) is 10.7. The predicted octanol–water partition coefficient (Wildman–Crippen LogP) is 5.07. The Morgan fingerprint density at radius 2 is 1.62 bits per heavy atom. The first-order valence-electron chi connectivity index (χ1n) is 12.2. The van der Waals surface area contributed by atoms with Crippen LogP contribution in [0.1, 0.15) is 62.9 Å². The fraction of sp³-hybridized carbons (Fsp3) is 0.464. The van der Waals surface area contributed by atoms with Gasteiger partial charge in [0.15, 0.2) is 0 Å². The van der Waals surface area contributed by atoms with E-state index in [1.54, 1.807) is 52.8 Å². The molecule has 2 unspecified atom stereocenters. The number of aliphatic hydroxyl groups is 1. The normalized spacial score (nSPS) is 13.1. The molecule has 2 aromatic rings. The maximum atomic E-state index is 13.9. The summed E-state index contributed by atoms with van der Waals surface area (Å²) >= 11 is 6.38. The maximum Gasteiger partial charge on any atom is 0.408 e. The van der Waals surface area contributed by atoms with Gasteiger partial charge in [0, 0.05) is 6.04 Å². The number of hydrogen-bond donors (Lipinski definition) is 3. The first-order valence-corrected chi connectivity index (χ1v) is 12.6. The minimum atomic E-state index is -1.32. The van der Waals surface area contributed by atoms with Crippen LogP contribution in [0.15, 0.2) is 36.4 Å². The van der Waals surface area contributed by atoms with Crippen molar-refractivity contribution in [3.05, 3.63) is 63.7 Å². The Balaban J connectivity index is 2.57. The molecule has 202 valence electrons. The van der Waals surface area contributed by atoms with E-state index >= 15 is 0 Å². The van der Waals surface area contributed by atoms with Crippen molar-refractivity contribution >= 4 is 35.2 Å². The quantitative estimate of drug-likeness (QED) is 0.441. The van der Waals surface area contributed by atoms with Crippen molar-refractivity contribution in [2.45, 2.75) is 79.1 Å². The molecule has 0 radical (unpaired) electrons. The van der Waals surface area contributed by atoms with Crippen molar-refractivity contribution in [3.63, 3.8) is 0 Å². The van der Waals surface area contributed by atoms with Gasteiger partial charge in [0.1, 0.15) is 17.7 Å². The van der Waals surface area contributed by atoms with Crippen LogP contribution in [0.4, 0.5) is 10.5 Å². The van der Waals surface area contributed by atoms with Crippen LogP contribution in [-0.4, -0.2) is 52.2 Å². The number of ether oxygens (including phenoxy) is 1. The first kappa shape index (κ1) is 30.1. The molecule has 0 aliphatic carbocycles. The Labute approximate surface area is 224 Å². The Morgan fingerprint density at radius 3 is 2.16 bits per heavy atom. The molecule has 0 saturated heterocycles. The van der Waals surface area contributed by atoms with Gasteiger partial charge in [-0.1, -0.05) is 41.9 Å². The van der Waals surface area contributed by atoms with Crippen molar-refractivity contribution in [1.82, 2.24) is 10.2 Å². The molecule has 0 spiro atoms.